The van der Waals surface area contributed by atoms with Crippen LogP contribution < -0.4 is 9.44 Å². The van der Waals surface area contributed by atoms with Gasteiger partial charge in [0, 0.05) is 0 Å². The summed E-state index contributed by atoms with van der Waals surface area (Å²) < 4.78 is 30.9. The maximum absolute atomic E-state index is 11.4. The first-order chi connectivity index (χ1) is 7.43. The summed E-state index contributed by atoms with van der Waals surface area (Å²) in [7, 11) is -2.99. The van der Waals surface area contributed by atoms with Gasteiger partial charge in [-0.3, -0.25) is 0 Å². The minimum atomic E-state index is -4.04. The van der Waals surface area contributed by atoms with Crippen molar-refractivity contribution in [3.05, 3.63) is 0 Å². The molecule has 1 saturated carbocycles. The maximum atomic E-state index is 11.4. The van der Waals surface area contributed by atoms with E-state index in [1.807, 2.05) is 6.07 Å². The van der Waals surface area contributed by atoms with E-state index < -0.39 is 21.8 Å². The molecule has 7 nitrogen and oxygen atoms in total. The monoisotopic (exact) mass is 247 g/mol. The lowest BCUT2D eigenvalue weighted by Crippen LogP contribution is -2.51. The Labute approximate surface area is 94.0 Å². The highest BCUT2D eigenvalue weighted by atomic mass is 32.2. The van der Waals surface area contributed by atoms with Gasteiger partial charge < -0.3 is 4.74 Å². The summed E-state index contributed by atoms with van der Waals surface area (Å²) in [6.07, 6.45) is 1.39. The van der Waals surface area contributed by atoms with Crippen molar-refractivity contribution in [2.75, 3.05) is 7.11 Å². The van der Waals surface area contributed by atoms with Crippen molar-refractivity contribution in [3.63, 3.8) is 0 Å². The number of rotatable bonds is 3. The average molecular weight is 247 g/mol. The van der Waals surface area contributed by atoms with Gasteiger partial charge in [0.15, 0.2) is 0 Å². The second-order valence-electron chi connectivity index (χ2n) is 3.60. The summed E-state index contributed by atoms with van der Waals surface area (Å²) in [5.41, 5.74) is -1.10. The highest BCUT2D eigenvalue weighted by molar-refractivity contribution is 7.88. The molecule has 0 unspecified atom stereocenters. The quantitative estimate of drug-likeness (QED) is 0.730. The molecule has 0 spiro atoms. The predicted octanol–water partition coefficient (Wildman–Crippen LogP) is 0.0132. The van der Waals surface area contributed by atoms with E-state index in [1.165, 1.54) is 0 Å². The number of carbonyl (C=O) groups excluding carboxylic acids is 1. The van der Waals surface area contributed by atoms with Crippen LogP contribution in [0.2, 0.25) is 0 Å². The molecular formula is C8H13N3O4S. The fourth-order valence-corrected chi connectivity index (χ4v) is 2.77. The zero-order valence-corrected chi connectivity index (χ0v) is 9.63. The van der Waals surface area contributed by atoms with E-state index in [1.54, 1.807) is 4.72 Å². The van der Waals surface area contributed by atoms with E-state index in [-0.39, 0.29) is 0 Å². The number of ether oxygens (including phenoxy) is 1. The Morgan fingerprint density at radius 3 is 2.44 bits per heavy atom. The van der Waals surface area contributed by atoms with Crippen LogP contribution in [0.25, 0.3) is 0 Å². The van der Waals surface area contributed by atoms with Crippen LogP contribution in [0.5, 0.6) is 0 Å². The van der Waals surface area contributed by atoms with Crippen LogP contribution in [-0.2, 0) is 14.9 Å². The summed E-state index contributed by atoms with van der Waals surface area (Å²) in [6.45, 7) is 0. The van der Waals surface area contributed by atoms with Crippen LogP contribution in [-0.4, -0.2) is 27.2 Å². The molecule has 0 atom stereocenters. The Kier molecular flexibility index (Phi) is 3.72. The summed E-state index contributed by atoms with van der Waals surface area (Å²) in [5.74, 6) is 0. The molecule has 90 valence electrons. The third kappa shape index (κ3) is 3.08. The first-order valence-corrected chi connectivity index (χ1v) is 6.22. The Morgan fingerprint density at radius 2 is 2.00 bits per heavy atom. The van der Waals surface area contributed by atoms with E-state index in [0.29, 0.717) is 12.8 Å². The molecule has 1 aliphatic carbocycles. The minimum Gasteiger partial charge on any atom is -0.452 e. The lowest BCUT2D eigenvalue weighted by Gasteiger charge is -2.21. The molecular weight excluding hydrogens is 234 g/mol. The summed E-state index contributed by atoms with van der Waals surface area (Å²) in [5, 5.41) is 8.95. The van der Waals surface area contributed by atoms with E-state index in [9.17, 15) is 13.2 Å². The van der Waals surface area contributed by atoms with Crippen LogP contribution >= 0.6 is 0 Å². The SMILES string of the molecule is COC(=O)NS(=O)(=O)NC1(C#N)CCCC1. The molecule has 8 heteroatoms. The van der Waals surface area contributed by atoms with Crippen molar-refractivity contribution < 1.29 is 17.9 Å². The van der Waals surface area contributed by atoms with E-state index >= 15 is 0 Å². The topological polar surface area (TPSA) is 108 Å². The van der Waals surface area contributed by atoms with E-state index in [4.69, 9.17) is 5.26 Å². The van der Waals surface area contributed by atoms with Gasteiger partial charge in [0.05, 0.1) is 13.2 Å². The van der Waals surface area contributed by atoms with Gasteiger partial charge in [-0.2, -0.15) is 18.4 Å². The first-order valence-electron chi connectivity index (χ1n) is 4.74. The molecule has 1 aliphatic rings. The Hall–Kier alpha value is -1.33. The van der Waals surface area contributed by atoms with Crippen molar-refractivity contribution in [2.24, 2.45) is 0 Å². The number of nitrogens with zero attached hydrogens (tertiary/aromatic N) is 1. The molecule has 1 fully saturated rings. The van der Waals surface area contributed by atoms with Gasteiger partial charge >= 0.3 is 16.3 Å². The largest absolute Gasteiger partial charge is 0.452 e. The molecule has 0 heterocycles. The van der Waals surface area contributed by atoms with Crippen molar-refractivity contribution in [3.8, 4) is 6.07 Å². The number of hydrogen-bond donors (Lipinski definition) is 2. The van der Waals surface area contributed by atoms with Crippen LogP contribution in [0.15, 0.2) is 0 Å². The fourth-order valence-electron chi connectivity index (χ4n) is 1.65. The predicted molar refractivity (Wildman–Crippen MR) is 54.4 cm³/mol. The highest BCUT2D eigenvalue weighted by Gasteiger charge is 2.38. The minimum absolute atomic E-state index is 0.450. The molecule has 0 aromatic carbocycles. The Morgan fingerprint density at radius 1 is 1.44 bits per heavy atom. The Bertz CT molecular complexity index is 405. The molecule has 16 heavy (non-hydrogen) atoms. The van der Waals surface area contributed by atoms with Crippen LogP contribution in [0.4, 0.5) is 4.79 Å². The van der Waals surface area contributed by atoms with Gasteiger partial charge in [-0.25, -0.2) is 9.52 Å². The molecule has 2 N–H and O–H groups in total. The van der Waals surface area contributed by atoms with Crippen molar-refractivity contribution >= 4 is 16.3 Å². The van der Waals surface area contributed by atoms with E-state index in [2.05, 4.69) is 9.46 Å². The normalized spacial score (nSPS) is 18.8. The third-order valence-corrected chi connectivity index (χ3v) is 3.50. The second-order valence-corrected chi connectivity index (χ2v) is 5.02. The average Bonchev–Trinajstić information content (AvgIpc) is 2.65. The lowest BCUT2D eigenvalue weighted by atomic mass is 10.0. The molecule has 0 bridgehead atoms. The van der Waals surface area contributed by atoms with Gasteiger partial charge in [0.2, 0.25) is 0 Å². The number of hydrogen-bond acceptors (Lipinski definition) is 5. The molecule has 1 amide bonds. The lowest BCUT2D eigenvalue weighted by molar-refractivity contribution is 0.177. The standard InChI is InChI=1S/C8H13N3O4S/c1-15-7(12)10-16(13,14)11-8(6-9)4-2-3-5-8/h11H,2-5H2,1H3,(H,10,12). The van der Waals surface area contributed by atoms with Gasteiger partial charge in [0.1, 0.15) is 5.54 Å². The highest BCUT2D eigenvalue weighted by Crippen LogP contribution is 2.29. The van der Waals surface area contributed by atoms with Crippen molar-refractivity contribution in [1.82, 2.24) is 9.44 Å². The maximum Gasteiger partial charge on any atom is 0.421 e. The van der Waals surface area contributed by atoms with Gasteiger partial charge in [-0.05, 0) is 12.8 Å². The molecule has 0 aliphatic heterocycles. The molecule has 0 aromatic rings. The van der Waals surface area contributed by atoms with E-state index in [0.717, 1.165) is 20.0 Å². The third-order valence-electron chi connectivity index (χ3n) is 2.40. The van der Waals surface area contributed by atoms with Gasteiger partial charge in [0.25, 0.3) is 0 Å². The summed E-state index contributed by atoms with van der Waals surface area (Å²) in [4.78, 5) is 10.8. The summed E-state index contributed by atoms with van der Waals surface area (Å²) >= 11 is 0. The van der Waals surface area contributed by atoms with Crippen LogP contribution in [0.3, 0.4) is 0 Å². The zero-order chi connectivity index (χ0) is 12.2. The van der Waals surface area contributed by atoms with Gasteiger partial charge in [-0.1, -0.05) is 12.8 Å². The molecule has 1 rings (SSSR count). The Balaban J connectivity index is 2.72. The van der Waals surface area contributed by atoms with Gasteiger partial charge in [-0.15, -0.1) is 0 Å². The van der Waals surface area contributed by atoms with Crippen molar-refractivity contribution in [2.45, 2.75) is 31.2 Å². The van der Waals surface area contributed by atoms with Crippen LogP contribution in [0, 0.1) is 11.3 Å². The van der Waals surface area contributed by atoms with Crippen molar-refractivity contribution in [1.29, 1.82) is 5.26 Å². The zero-order valence-electron chi connectivity index (χ0n) is 8.82. The molecule has 0 saturated heterocycles. The summed E-state index contributed by atoms with van der Waals surface area (Å²) in [6, 6.07) is 1.94. The first kappa shape index (κ1) is 12.7. The number of nitriles is 1. The molecule has 0 aromatic heterocycles. The second kappa shape index (κ2) is 4.67. The smallest absolute Gasteiger partial charge is 0.421 e. The number of nitrogens with one attached hydrogen (secondary N) is 2. The fraction of sp³-hybridized carbons (Fsp3) is 0.750. The number of carbonyl (C=O) groups is 1. The van der Waals surface area contributed by atoms with Crippen LogP contribution in [0.1, 0.15) is 25.7 Å². The molecule has 0 radical (unpaired) electrons. The number of amides is 1. The number of methoxy groups -OCH3 is 1.